The molecule has 0 spiro atoms. The number of thiophene rings is 1. The second kappa shape index (κ2) is 7.46. The third kappa shape index (κ3) is 4.49. The Kier molecular flexibility index (Phi) is 5.91. The Morgan fingerprint density at radius 3 is 2.60 bits per heavy atom. The fraction of sp³-hybridized carbons (Fsp3) is 0.688. The Hall–Kier alpha value is -0.540. The SMILES string of the molecule is CC(C)C[C@H](NC(=O)c1ccc(Cl)s1)C1CCCCC1. The molecule has 4 heteroatoms. The molecule has 20 heavy (non-hydrogen) atoms. The standard InChI is InChI=1S/C16H24ClNOS/c1-11(2)10-13(12-6-4-3-5-7-12)18-16(19)14-8-9-15(17)20-14/h8-9,11-13H,3-7,10H2,1-2H3,(H,18,19)/t13-/m0/s1. The summed E-state index contributed by atoms with van der Waals surface area (Å²) in [7, 11) is 0. The zero-order valence-electron chi connectivity index (χ0n) is 12.3. The van der Waals surface area contributed by atoms with E-state index >= 15 is 0 Å². The monoisotopic (exact) mass is 313 g/mol. The van der Waals surface area contributed by atoms with E-state index in [1.807, 2.05) is 6.07 Å². The van der Waals surface area contributed by atoms with Crippen molar-refractivity contribution in [2.45, 2.75) is 58.4 Å². The Labute approximate surface area is 130 Å². The molecule has 0 radical (unpaired) electrons. The van der Waals surface area contributed by atoms with Crippen molar-refractivity contribution in [2.75, 3.05) is 0 Å². The van der Waals surface area contributed by atoms with Crippen LogP contribution in [0.5, 0.6) is 0 Å². The molecule has 0 bridgehead atoms. The van der Waals surface area contributed by atoms with Gasteiger partial charge in [0.05, 0.1) is 9.21 Å². The number of rotatable bonds is 5. The highest BCUT2D eigenvalue weighted by Gasteiger charge is 2.26. The Bertz CT molecular complexity index is 437. The van der Waals surface area contributed by atoms with Crippen molar-refractivity contribution in [3.63, 3.8) is 0 Å². The van der Waals surface area contributed by atoms with E-state index in [1.54, 1.807) is 6.07 Å². The summed E-state index contributed by atoms with van der Waals surface area (Å²) in [6.45, 7) is 4.45. The fourth-order valence-electron chi connectivity index (χ4n) is 3.09. The summed E-state index contributed by atoms with van der Waals surface area (Å²) in [6.07, 6.45) is 7.53. The first-order valence-corrected chi connectivity index (χ1v) is 8.82. The van der Waals surface area contributed by atoms with Gasteiger partial charge in [0.25, 0.3) is 5.91 Å². The maximum atomic E-state index is 12.3. The average molecular weight is 314 g/mol. The van der Waals surface area contributed by atoms with E-state index in [0.29, 0.717) is 22.2 Å². The number of hydrogen-bond donors (Lipinski definition) is 1. The molecule has 2 nitrogen and oxygen atoms in total. The molecule has 1 saturated carbocycles. The van der Waals surface area contributed by atoms with Crippen LogP contribution in [0, 0.1) is 11.8 Å². The van der Waals surface area contributed by atoms with E-state index in [9.17, 15) is 4.79 Å². The van der Waals surface area contributed by atoms with Gasteiger partial charge < -0.3 is 5.32 Å². The number of hydrogen-bond acceptors (Lipinski definition) is 2. The molecule has 1 heterocycles. The Morgan fingerprint density at radius 1 is 1.35 bits per heavy atom. The lowest BCUT2D eigenvalue weighted by Crippen LogP contribution is -2.41. The molecule has 112 valence electrons. The van der Waals surface area contributed by atoms with E-state index in [-0.39, 0.29) is 5.91 Å². The topological polar surface area (TPSA) is 29.1 Å². The minimum absolute atomic E-state index is 0.0399. The number of nitrogens with one attached hydrogen (secondary N) is 1. The summed E-state index contributed by atoms with van der Waals surface area (Å²) in [4.78, 5) is 13.1. The van der Waals surface area contributed by atoms with Crippen molar-refractivity contribution in [2.24, 2.45) is 11.8 Å². The number of carbonyl (C=O) groups excluding carboxylic acids is 1. The van der Waals surface area contributed by atoms with Crippen LogP contribution >= 0.6 is 22.9 Å². The van der Waals surface area contributed by atoms with Gasteiger partial charge in [0.15, 0.2) is 0 Å². The zero-order chi connectivity index (χ0) is 14.5. The quantitative estimate of drug-likeness (QED) is 0.802. The second-order valence-electron chi connectivity index (χ2n) is 6.21. The van der Waals surface area contributed by atoms with Crippen LogP contribution in [0.15, 0.2) is 12.1 Å². The van der Waals surface area contributed by atoms with Crippen LogP contribution in [-0.2, 0) is 0 Å². The molecule has 0 aliphatic heterocycles. The van der Waals surface area contributed by atoms with Crippen LogP contribution < -0.4 is 5.32 Å². The molecule has 1 aliphatic rings. The van der Waals surface area contributed by atoms with Gasteiger partial charge in [-0.25, -0.2) is 0 Å². The summed E-state index contributed by atoms with van der Waals surface area (Å²) in [5.41, 5.74) is 0. The van der Waals surface area contributed by atoms with Crippen LogP contribution in [-0.4, -0.2) is 11.9 Å². The lowest BCUT2D eigenvalue weighted by molar-refractivity contribution is 0.0908. The molecule has 1 aliphatic carbocycles. The van der Waals surface area contributed by atoms with Crippen molar-refractivity contribution in [3.8, 4) is 0 Å². The summed E-state index contributed by atoms with van der Waals surface area (Å²) in [5.74, 6) is 1.29. The first-order chi connectivity index (χ1) is 9.56. The highest BCUT2D eigenvalue weighted by Crippen LogP contribution is 2.30. The van der Waals surface area contributed by atoms with Crippen molar-refractivity contribution >= 4 is 28.8 Å². The van der Waals surface area contributed by atoms with E-state index in [1.165, 1.54) is 43.4 Å². The van der Waals surface area contributed by atoms with Crippen LogP contribution in [0.25, 0.3) is 0 Å². The normalized spacial score (nSPS) is 18.2. The molecule has 1 aromatic heterocycles. The molecule has 0 aromatic carbocycles. The fourth-order valence-corrected chi connectivity index (χ4v) is 4.04. The maximum Gasteiger partial charge on any atom is 0.261 e. The summed E-state index contributed by atoms with van der Waals surface area (Å²) >= 11 is 7.27. The van der Waals surface area contributed by atoms with Crippen molar-refractivity contribution in [1.82, 2.24) is 5.32 Å². The third-order valence-electron chi connectivity index (χ3n) is 4.06. The summed E-state index contributed by atoms with van der Waals surface area (Å²) < 4.78 is 0.674. The molecule has 1 amide bonds. The van der Waals surface area contributed by atoms with Crippen LogP contribution in [0.2, 0.25) is 4.34 Å². The molecule has 0 unspecified atom stereocenters. The third-order valence-corrected chi connectivity index (χ3v) is 5.29. The number of carbonyl (C=O) groups is 1. The van der Waals surface area contributed by atoms with Crippen molar-refractivity contribution < 1.29 is 4.79 Å². The highest BCUT2D eigenvalue weighted by atomic mass is 35.5. The summed E-state index contributed by atoms with van der Waals surface area (Å²) in [5, 5.41) is 3.26. The second-order valence-corrected chi connectivity index (χ2v) is 7.93. The highest BCUT2D eigenvalue weighted by molar-refractivity contribution is 7.17. The van der Waals surface area contributed by atoms with Crippen molar-refractivity contribution in [3.05, 3.63) is 21.3 Å². The minimum Gasteiger partial charge on any atom is -0.348 e. The van der Waals surface area contributed by atoms with Gasteiger partial charge in [-0.1, -0.05) is 44.7 Å². The van der Waals surface area contributed by atoms with E-state index in [2.05, 4.69) is 19.2 Å². The average Bonchev–Trinajstić information content (AvgIpc) is 2.85. The van der Waals surface area contributed by atoms with Gasteiger partial charge in [0.1, 0.15) is 0 Å². The first-order valence-electron chi connectivity index (χ1n) is 7.62. The largest absolute Gasteiger partial charge is 0.348 e. The van der Waals surface area contributed by atoms with Gasteiger partial charge in [-0.2, -0.15) is 0 Å². The van der Waals surface area contributed by atoms with E-state index in [4.69, 9.17) is 11.6 Å². The predicted molar refractivity (Wildman–Crippen MR) is 86.6 cm³/mol. The molecular weight excluding hydrogens is 290 g/mol. The molecule has 1 atom stereocenters. The number of amides is 1. The van der Waals surface area contributed by atoms with Crippen LogP contribution in [0.3, 0.4) is 0 Å². The van der Waals surface area contributed by atoms with Gasteiger partial charge in [0, 0.05) is 6.04 Å². The van der Waals surface area contributed by atoms with Crippen molar-refractivity contribution in [1.29, 1.82) is 0 Å². The molecule has 1 N–H and O–H groups in total. The predicted octanol–water partition coefficient (Wildman–Crippen LogP) is 5.13. The zero-order valence-corrected chi connectivity index (χ0v) is 13.9. The van der Waals surface area contributed by atoms with Gasteiger partial charge >= 0.3 is 0 Å². The lowest BCUT2D eigenvalue weighted by Gasteiger charge is -2.32. The Balaban J connectivity index is 2.00. The smallest absolute Gasteiger partial charge is 0.261 e. The van der Waals surface area contributed by atoms with Gasteiger partial charge in [0.2, 0.25) is 0 Å². The minimum atomic E-state index is 0.0399. The summed E-state index contributed by atoms with van der Waals surface area (Å²) in [6, 6.07) is 3.91. The van der Waals surface area contributed by atoms with E-state index in [0.717, 1.165) is 11.3 Å². The molecule has 1 fully saturated rings. The van der Waals surface area contributed by atoms with Gasteiger partial charge in [-0.15, -0.1) is 11.3 Å². The maximum absolute atomic E-state index is 12.3. The first kappa shape index (κ1) is 15.8. The Morgan fingerprint density at radius 2 is 2.05 bits per heavy atom. The van der Waals surface area contributed by atoms with Gasteiger partial charge in [-0.3, -0.25) is 4.79 Å². The molecule has 0 saturated heterocycles. The van der Waals surface area contributed by atoms with Crippen LogP contribution in [0.4, 0.5) is 0 Å². The lowest BCUT2D eigenvalue weighted by atomic mass is 9.81. The molecular formula is C16H24ClNOS. The van der Waals surface area contributed by atoms with E-state index < -0.39 is 0 Å². The number of halogens is 1. The van der Waals surface area contributed by atoms with Crippen LogP contribution in [0.1, 0.15) is 62.0 Å². The van der Waals surface area contributed by atoms with Gasteiger partial charge in [-0.05, 0) is 43.2 Å². The molecule has 1 aromatic rings. The molecule has 2 rings (SSSR count).